The molecule has 6 nitrogen and oxygen atoms in total. The van der Waals surface area contributed by atoms with Gasteiger partial charge in [0.2, 0.25) is 5.88 Å². The second-order valence-corrected chi connectivity index (χ2v) is 12.1. The number of aromatic nitrogens is 2. The third kappa shape index (κ3) is 3.16. The van der Waals surface area contributed by atoms with E-state index in [0.29, 0.717) is 30.0 Å². The van der Waals surface area contributed by atoms with Gasteiger partial charge in [-0.25, -0.2) is 17.9 Å². The highest BCUT2D eigenvalue weighted by molar-refractivity contribution is 8.20. The van der Waals surface area contributed by atoms with Crippen LogP contribution in [0.4, 0.5) is 0 Å². The highest BCUT2D eigenvalue weighted by Gasteiger charge is 2.48. The fraction of sp³-hybridized carbons (Fsp3) is 0.444. The maximum atomic E-state index is 12.9. The molecule has 0 atom stereocenters. The van der Waals surface area contributed by atoms with Crippen LogP contribution in [0.3, 0.4) is 0 Å². The zero-order valence-corrected chi connectivity index (χ0v) is 18.6. The molecule has 4 rings (SSSR count). The molecule has 2 aromatic rings. The lowest BCUT2D eigenvalue weighted by molar-refractivity contribution is 0.0717. The number of rotatable bonds is 3. The number of sulfone groups is 1. The number of nitrogens with zero attached hydrogens (tertiary/aromatic N) is 2. The van der Waals surface area contributed by atoms with Crippen molar-refractivity contribution >= 4 is 50.9 Å². The standard InChI is InChI=1S/C18H19ClN2O4S3/c1-3-21-14(4-6-20-21)25-17(22)12-10-13(19)16-15(11(12)2)18(26-7-8-27-18)5-9-28(16,23)24/h4,6,10H,3,5,7-9H2,1-2H3. The van der Waals surface area contributed by atoms with Gasteiger partial charge in [-0.15, -0.1) is 23.5 Å². The molecule has 0 aliphatic carbocycles. The van der Waals surface area contributed by atoms with Crippen LogP contribution in [0.15, 0.2) is 23.2 Å². The lowest BCUT2D eigenvalue weighted by Gasteiger charge is -2.36. The zero-order valence-electron chi connectivity index (χ0n) is 15.4. The van der Waals surface area contributed by atoms with Crippen molar-refractivity contribution in [2.75, 3.05) is 17.3 Å². The van der Waals surface area contributed by atoms with Gasteiger partial charge in [0.1, 0.15) is 0 Å². The number of halogens is 1. The van der Waals surface area contributed by atoms with Crippen molar-refractivity contribution in [2.24, 2.45) is 0 Å². The molecule has 1 spiro atoms. The summed E-state index contributed by atoms with van der Waals surface area (Å²) < 4.78 is 32.3. The van der Waals surface area contributed by atoms with Crippen LogP contribution in [0.2, 0.25) is 5.02 Å². The average Bonchev–Trinajstić information content (AvgIpc) is 3.30. The van der Waals surface area contributed by atoms with E-state index in [1.165, 1.54) is 6.07 Å². The van der Waals surface area contributed by atoms with Crippen LogP contribution in [0, 0.1) is 6.92 Å². The summed E-state index contributed by atoms with van der Waals surface area (Å²) in [6.07, 6.45) is 2.07. The molecule has 0 N–H and O–H groups in total. The van der Waals surface area contributed by atoms with Gasteiger partial charge in [0.25, 0.3) is 0 Å². The Labute approximate surface area is 177 Å². The summed E-state index contributed by atoms with van der Waals surface area (Å²) in [6.45, 7) is 4.24. The third-order valence-electron chi connectivity index (χ3n) is 5.03. The number of aryl methyl sites for hydroxylation is 1. The summed E-state index contributed by atoms with van der Waals surface area (Å²) in [4.78, 5) is 13.1. The molecule has 2 aliphatic rings. The van der Waals surface area contributed by atoms with E-state index in [2.05, 4.69) is 5.10 Å². The molecule has 0 radical (unpaired) electrons. The number of thioether (sulfide) groups is 2. The van der Waals surface area contributed by atoms with E-state index in [9.17, 15) is 13.2 Å². The molecule has 150 valence electrons. The van der Waals surface area contributed by atoms with Crippen LogP contribution >= 0.6 is 35.1 Å². The minimum atomic E-state index is -3.49. The maximum absolute atomic E-state index is 12.9. The number of carbonyl (C=O) groups excluding carboxylic acids is 1. The summed E-state index contributed by atoms with van der Waals surface area (Å²) in [7, 11) is -3.49. The van der Waals surface area contributed by atoms with Crippen molar-refractivity contribution in [1.82, 2.24) is 9.78 Å². The average molecular weight is 459 g/mol. The van der Waals surface area contributed by atoms with Crippen molar-refractivity contribution < 1.29 is 17.9 Å². The van der Waals surface area contributed by atoms with Gasteiger partial charge in [-0.3, -0.25) is 0 Å². The first-order valence-corrected chi connectivity index (χ1v) is 12.9. The number of hydrogen-bond donors (Lipinski definition) is 0. The summed E-state index contributed by atoms with van der Waals surface area (Å²) in [5.74, 6) is 1.71. The van der Waals surface area contributed by atoms with E-state index in [1.807, 2.05) is 6.92 Å². The number of esters is 1. The Balaban J connectivity index is 1.85. The van der Waals surface area contributed by atoms with Gasteiger partial charge in [0.05, 0.1) is 31.5 Å². The maximum Gasteiger partial charge on any atom is 0.345 e. The lowest BCUT2D eigenvalue weighted by Crippen LogP contribution is -2.31. The van der Waals surface area contributed by atoms with E-state index in [4.69, 9.17) is 16.3 Å². The highest BCUT2D eigenvalue weighted by Crippen LogP contribution is 2.60. The number of hydrogen-bond acceptors (Lipinski definition) is 7. The number of fused-ring (bicyclic) bond motifs is 2. The molecule has 10 heteroatoms. The van der Waals surface area contributed by atoms with Crippen LogP contribution < -0.4 is 4.74 Å². The minimum absolute atomic E-state index is 0.0681. The van der Waals surface area contributed by atoms with E-state index >= 15 is 0 Å². The summed E-state index contributed by atoms with van der Waals surface area (Å²) in [5, 5.41) is 4.18. The van der Waals surface area contributed by atoms with Crippen LogP contribution in [0.1, 0.15) is 34.8 Å². The Hall–Kier alpha value is -1.16. The van der Waals surface area contributed by atoms with Crippen LogP contribution in [-0.2, 0) is 20.5 Å². The monoisotopic (exact) mass is 458 g/mol. The third-order valence-corrected chi connectivity index (χ3v) is 10.8. The van der Waals surface area contributed by atoms with Gasteiger partial charge >= 0.3 is 5.97 Å². The second-order valence-electron chi connectivity index (χ2n) is 6.63. The number of benzene rings is 1. The molecule has 1 fully saturated rings. The van der Waals surface area contributed by atoms with E-state index in [1.54, 1.807) is 47.4 Å². The predicted octanol–water partition coefficient (Wildman–Crippen LogP) is 3.89. The Kier molecular flexibility index (Phi) is 5.22. The van der Waals surface area contributed by atoms with Crippen molar-refractivity contribution in [3.05, 3.63) is 40.0 Å². The van der Waals surface area contributed by atoms with E-state index in [-0.39, 0.29) is 25.3 Å². The molecule has 1 saturated heterocycles. The van der Waals surface area contributed by atoms with Crippen LogP contribution in [0.25, 0.3) is 0 Å². The predicted molar refractivity (Wildman–Crippen MR) is 112 cm³/mol. The molecule has 1 aromatic heterocycles. The van der Waals surface area contributed by atoms with Crippen molar-refractivity contribution in [2.45, 2.75) is 35.8 Å². The van der Waals surface area contributed by atoms with Gasteiger partial charge < -0.3 is 4.74 Å². The molecule has 3 heterocycles. The van der Waals surface area contributed by atoms with E-state index in [0.717, 1.165) is 11.5 Å². The first-order chi connectivity index (χ1) is 13.3. The van der Waals surface area contributed by atoms with Gasteiger partial charge in [-0.1, -0.05) is 11.6 Å². The molecule has 0 unspecified atom stereocenters. The molecular formula is C18H19ClN2O4S3. The zero-order chi connectivity index (χ0) is 20.1. The van der Waals surface area contributed by atoms with Crippen molar-refractivity contribution in [1.29, 1.82) is 0 Å². The van der Waals surface area contributed by atoms with E-state index < -0.39 is 15.8 Å². The van der Waals surface area contributed by atoms with Crippen LogP contribution in [-0.4, -0.2) is 41.4 Å². The van der Waals surface area contributed by atoms with Gasteiger partial charge in [0, 0.05) is 29.7 Å². The molecule has 0 saturated carbocycles. The largest absolute Gasteiger partial charge is 0.404 e. The fourth-order valence-electron chi connectivity index (χ4n) is 3.73. The Morgan fingerprint density at radius 3 is 2.79 bits per heavy atom. The summed E-state index contributed by atoms with van der Waals surface area (Å²) in [6, 6.07) is 3.04. The molecule has 2 aliphatic heterocycles. The lowest BCUT2D eigenvalue weighted by atomic mass is 9.97. The highest BCUT2D eigenvalue weighted by atomic mass is 35.5. The number of carbonyl (C=O) groups is 1. The Morgan fingerprint density at radius 2 is 2.11 bits per heavy atom. The summed E-state index contributed by atoms with van der Waals surface area (Å²) in [5.41, 5.74) is 1.57. The minimum Gasteiger partial charge on any atom is -0.404 e. The first-order valence-electron chi connectivity index (χ1n) is 8.87. The number of ether oxygens (including phenoxy) is 1. The molecule has 28 heavy (non-hydrogen) atoms. The first kappa shape index (κ1) is 20.1. The van der Waals surface area contributed by atoms with Crippen molar-refractivity contribution in [3.63, 3.8) is 0 Å². The molecule has 0 amide bonds. The van der Waals surface area contributed by atoms with Crippen molar-refractivity contribution in [3.8, 4) is 5.88 Å². The van der Waals surface area contributed by atoms with Gasteiger partial charge in [-0.05, 0) is 31.9 Å². The molecular weight excluding hydrogens is 440 g/mol. The second kappa shape index (κ2) is 7.27. The Bertz CT molecular complexity index is 1060. The fourth-order valence-corrected chi connectivity index (χ4v) is 9.90. The summed E-state index contributed by atoms with van der Waals surface area (Å²) >= 11 is 9.90. The van der Waals surface area contributed by atoms with Crippen LogP contribution in [0.5, 0.6) is 5.88 Å². The topological polar surface area (TPSA) is 78.3 Å². The Morgan fingerprint density at radius 1 is 1.39 bits per heavy atom. The SMILES string of the molecule is CCn1nccc1OC(=O)c1cc(Cl)c2c(c1C)C1(CCS2(=O)=O)SCCS1. The normalized spacial score (nSPS) is 19.5. The molecule has 1 aromatic carbocycles. The quantitative estimate of drug-likeness (QED) is 0.645. The van der Waals surface area contributed by atoms with Gasteiger partial charge in [-0.2, -0.15) is 5.10 Å². The van der Waals surface area contributed by atoms with Gasteiger partial charge in [0.15, 0.2) is 9.84 Å². The molecule has 0 bridgehead atoms. The smallest absolute Gasteiger partial charge is 0.345 e.